The first-order valence-electron chi connectivity index (χ1n) is 8.05. The molecule has 2 bridgehead atoms. The van der Waals surface area contributed by atoms with Crippen molar-refractivity contribution in [2.75, 3.05) is 0 Å². The number of benzene rings is 1. The lowest BCUT2D eigenvalue weighted by Gasteiger charge is -2.28. The van der Waals surface area contributed by atoms with E-state index in [0.29, 0.717) is 12.5 Å². The second-order valence-electron chi connectivity index (χ2n) is 6.68. The van der Waals surface area contributed by atoms with Crippen LogP contribution in [-0.2, 0) is 11.2 Å². The van der Waals surface area contributed by atoms with Gasteiger partial charge in [0.25, 0.3) is 0 Å². The van der Waals surface area contributed by atoms with Crippen LogP contribution in [0.3, 0.4) is 0 Å². The van der Waals surface area contributed by atoms with E-state index in [1.807, 2.05) is 18.2 Å². The summed E-state index contributed by atoms with van der Waals surface area (Å²) in [5.74, 6) is 2.77. The molecular weight excluding hydrogens is 246 g/mol. The van der Waals surface area contributed by atoms with E-state index in [4.69, 9.17) is 0 Å². The molecule has 0 aromatic heterocycles. The smallest absolute Gasteiger partial charge is 0.220 e. The number of nitrogens with one attached hydrogen (secondary N) is 1. The van der Waals surface area contributed by atoms with Gasteiger partial charge in [0.2, 0.25) is 5.91 Å². The van der Waals surface area contributed by atoms with Crippen molar-refractivity contribution >= 4 is 5.91 Å². The Kier molecular flexibility index (Phi) is 4.09. The molecule has 2 nitrogen and oxygen atoms in total. The van der Waals surface area contributed by atoms with Crippen LogP contribution in [0.2, 0.25) is 0 Å². The zero-order chi connectivity index (χ0) is 13.9. The monoisotopic (exact) mass is 271 g/mol. The van der Waals surface area contributed by atoms with Crippen LogP contribution in [-0.4, -0.2) is 11.9 Å². The molecule has 2 heteroatoms. The Balaban J connectivity index is 1.44. The number of rotatable bonds is 5. The van der Waals surface area contributed by atoms with Crippen LogP contribution in [0.15, 0.2) is 30.3 Å². The van der Waals surface area contributed by atoms with Crippen molar-refractivity contribution in [1.82, 2.24) is 5.32 Å². The summed E-state index contributed by atoms with van der Waals surface area (Å²) >= 11 is 0. The van der Waals surface area contributed by atoms with Gasteiger partial charge in [-0.05, 0) is 55.9 Å². The molecular formula is C18H25NO. The lowest BCUT2D eigenvalue weighted by atomic mass is 9.84. The highest BCUT2D eigenvalue weighted by atomic mass is 16.1. The summed E-state index contributed by atoms with van der Waals surface area (Å²) in [7, 11) is 0. The minimum atomic E-state index is 0.212. The fourth-order valence-electron chi connectivity index (χ4n) is 4.24. The highest BCUT2D eigenvalue weighted by Crippen LogP contribution is 2.49. The van der Waals surface area contributed by atoms with E-state index in [0.717, 1.165) is 24.2 Å². The quantitative estimate of drug-likeness (QED) is 0.871. The van der Waals surface area contributed by atoms with Crippen molar-refractivity contribution < 1.29 is 4.79 Å². The third-order valence-corrected chi connectivity index (χ3v) is 5.31. The molecule has 1 aromatic rings. The molecule has 0 radical (unpaired) electrons. The maximum absolute atomic E-state index is 12.1. The van der Waals surface area contributed by atoms with Crippen LogP contribution < -0.4 is 5.32 Å². The van der Waals surface area contributed by atoms with Gasteiger partial charge in [-0.2, -0.15) is 0 Å². The Morgan fingerprint density at radius 2 is 2.05 bits per heavy atom. The van der Waals surface area contributed by atoms with Crippen LogP contribution in [0, 0.1) is 17.8 Å². The van der Waals surface area contributed by atoms with Gasteiger partial charge in [0.05, 0.1) is 0 Å². The van der Waals surface area contributed by atoms with Crippen LogP contribution >= 0.6 is 0 Å². The maximum Gasteiger partial charge on any atom is 0.220 e. The van der Waals surface area contributed by atoms with E-state index >= 15 is 0 Å². The summed E-state index contributed by atoms with van der Waals surface area (Å²) in [4.78, 5) is 12.1. The predicted octanol–water partition coefficient (Wildman–Crippen LogP) is 3.56. The topological polar surface area (TPSA) is 29.1 Å². The van der Waals surface area contributed by atoms with Gasteiger partial charge in [-0.1, -0.05) is 36.8 Å². The molecule has 1 amide bonds. The molecule has 2 saturated carbocycles. The summed E-state index contributed by atoms with van der Waals surface area (Å²) in [5, 5.41) is 3.24. The molecule has 1 N–H and O–H groups in total. The van der Waals surface area contributed by atoms with Gasteiger partial charge in [0, 0.05) is 12.5 Å². The highest BCUT2D eigenvalue weighted by molar-refractivity contribution is 5.76. The van der Waals surface area contributed by atoms with Gasteiger partial charge >= 0.3 is 0 Å². The van der Waals surface area contributed by atoms with E-state index < -0.39 is 0 Å². The van der Waals surface area contributed by atoms with Gasteiger partial charge in [-0.15, -0.1) is 0 Å². The fourth-order valence-corrected chi connectivity index (χ4v) is 4.24. The molecule has 20 heavy (non-hydrogen) atoms. The van der Waals surface area contributed by atoms with E-state index in [2.05, 4.69) is 24.4 Å². The number of fused-ring (bicyclic) bond motifs is 2. The average Bonchev–Trinajstić information content (AvgIpc) is 3.09. The maximum atomic E-state index is 12.1. The number of amides is 1. The first kappa shape index (κ1) is 13.7. The van der Waals surface area contributed by atoms with Gasteiger partial charge in [0.1, 0.15) is 0 Å². The van der Waals surface area contributed by atoms with E-state index in [9.17, 15) is 4.79 Å². The Morgan fingerprint density at radius 3 is 2.70 bits per heavy atom. The minimum absolute atomic E-state index is 0.212. The van der Waals surface area contributed by atoms with Crippen LogP contribution in [0.4, 0.5) is 0 Å². The number of carbonyl (C=O) groups excluding carboxylic acids is 1. The van der Waals surface area contributed by atoms with Gasteiger partial charge in [0.15, 0.2) is 0 Å². The van der Waals surface area contributed by atoms with Crippen molar-refractivity contribution in [3.05, 3.63) is 35.9 Å². The molecule has 0 saturated heterocycles. The Morgan fingerprint density at radius 1 is 1.25 bits per heavy atom. The molecule has 2 aliphatic carbocycles. The standard InChI is InChI=1S/C18H25NO/c1-13(17-12-15-7-9-16(17)11-15)19-18(20)10-8-14-5-3-2-4-6-14/h2-6,13,15-17H,7-12H2,1H3,(H,19,20). The lowest BCUT2D eigenvalue weighted by Crippen LogP contribution is -2.40. The minimum Gasteiger partial charge on any atom is -0.353 e. The Hall–Kier alpha value is -1.31. The second-order valence-corrected chi connectivity index (χ2v) is 6.68. The summed E-state index contributed by atoms with van der Waals surface area (Å²) in [5.41, 5.74) is 1.25. The summed E-state index contributed by atoms with van der Waals surface area (Å²) in [6.45, 7) is 2.20. The zero-order valence-corrected chi connectivity index (χ0v) is 12.3. The molecule has 0 heterocycles. The average molecular weight is 271 g/mol. The first-order chi connectivity index (χ1) is 9.72. The SMILES string of the molecule is CC(NC(=O)CCc1ccccc1)C1CC2CCC1C2. The number of carbonyl (C=O) groups is 1. The highest BCUT2D eigenvalue weighted by Gasteiger charge is 2.41. The molecule has 1 aromatic carbocycles. The molecule has 0 spiro atoms. The summed E-state index contributed by atoms with van der Waals surface area (Å²) < 4.78 is 0. The number of hydrogen-bond acceptors (Lipinski definition) is 1. The van der Waals surface area contributed by atoms with Crippen LogP contribution in [0.5, 0.6) is 0 Å². The Bertz CT molecular complexity index is 456. The molecule has 0 aliphatic heterocycles. The van der Waals surface area contributed by atoms with Crippen molar-refractivity contribution in [3.8, 4) is 0 Å². The van der Waals surface area contributed by atoms with Crippen molar-refractivity contribution in [3.63, 3.8) is 0 Å². The van der Waals surface area contributed by atoms with E-state index in [1.54, 1.807) is 0 Å². The number of hydrogen-bond donors (Lipinski definition) is 1. The molecule has 2 fully saturated rings. The number of aryl methyl sites for hydroxylation is 1. The zero-order valence-electron chi connectivity index (χ0n) is 12.3. The van der Waals surface area contributed by atoms with Gasteiger partial charge in [-0.3, -0.25) is 4.79 Å². The van der Waals surface area contributed by atoms with E-state index in [-0.39, 0.29) is 5.91 Å². The summed E-state index contributed by atoms with van der Waals surface area (Å²) in [6.07, 6.45) is 7.01. The normalized spacial score (nSPS) is 29.4. The van der Waals surface area contributed by atoms with Crippen molar-refractivity contribution in [1.29, 1.82) is 0 Å². The molecule has 4 unspecified atom stereocenters. The fraction of sp³-hybridized carbons (Fsp3) is 0.611. The van der Waals surface area contributed by atoms with Crippen molar-refractivity contribution in [2.24, 2.45) is 17.8 Å². The molecule has 3 rings (SSSR count). The summed E-state index contributed by atoms with van der Waals surface area (Å²) in [6, 6.07) is 10.6. The third kappa shape index (κ3) is 3.05. The van der Waals surface area contributed by atoms with Gasteiger partial charge < -0.3 is 5.32 Å². The molecule has 108 valence electrons. The van der Waals surface area contributed by atoms with Crippen LogP contribution in [0.25, 0.3) is 0 Å². The first-order valence-corrected chi connectivity index (χ1v) is 8.05. The van der Waals surface area contributed by atoms with E-state index in [1.165, 1.54) is 31.2 Å². The third-order valence-electron chi connectivity index (χ3n) is 5.31. The van der Waals surface area contributed by atoms with Gasteiger partial charge in [-0.25, -0.2) is 0 Å². The molecule has 4 atom stereocenters. The predicted molar refractivity (Wildman–Crippen MR) is 81.3 cm³/mol. The second kappa shape index (κ2) is 5.99. The van der Waals surface area contributed by atoms with Crippen LogP contribution in [0.1, 0.15) is 44.6 Å². The Labute approximate surface area is 122 Å². The molecule has 2 aliphatic rings. The van der Waals surface area contributed by atoms with Crippen molar-refractivity contribution in [2.45, 2.75) is 51.5 Å². The largest absolute Gasteiger partial charge is 0.353 e. The lowest BCUT2D eigenvalue weighted by molar-refractivity contribution is -0.122.